The van der Waals surface area contributed by atoms with Crippen molar-refractivity contribution < 1.29 is 9.53 Å². The average molecular weight is 339 g/mol. The lowest BCUT2D eigenvalue weighted by atomic mass is 10.2. The van der Waals surface area contributed by atoms with Crippen LogP contribution in [0, 0.1) is 13.8 Å². The zero-order valence-electron chi connectivity index (χ0n) is 12.4. The number of rotatable bonds is 4. The molecule has 0 aromatic carbocycles. The minimum absolute atomic E-state index is 0. The Morgan fingerprint density at radius 3 is 2.76 bits per heavy atom. The molecule has 0 radical (unpaired) electrons. The number of morpholine rings is 1. The molecular formula is C13H24Cl2N4O2. The second-order valence-corrected chi connectivity index (χ2v) is 4.98. The quantitative estimate of drug-likeness (QED) is 0.885. The summed E-state index contributed by atoms with van der Waals surface area (Å²) in [5.41, 5.74) is 7.55. The molecule has 0 saturated carbocycles. The first kappa shape index (κ1) is 20.2. The van der Waals surface area contributed by atoms with Crippen molar-refractivity contribution in [2.45, 2.75) is 32.9 Å². The number of nitrogens with zero attached hydrogens (tertiary/aromatic N) is 3. The lowest BCUT2D eigenvalue weighted by Crippen LogP contribution is -2.47. The number of nitrogens with two attached hydrogens (primary N) is 1. The topological polar surface area (TPSA) is 73.4 Å². The van der Waals surface area contributed by atoms with Gasteiger partial charge in [-0.05, 0) is 19.9 Å². The number of aromatic nitrogens is 2. The highest BCUT2D eigenvalue weighted by molar-refractivity contribution is 5.85. The van der Waals surface area contributed by atoms with Gasteiger partial charge in [-0.1, -0.05) is 0 Å². The second kappa shape index (κ2) is 9.25. The molecule has 1 saturated heterocycles. The molecule has 2 heterocycles. The number of hydrogen-bond acceptors (Lipinski definition) is 4. The Hall–Kier alpha value is -0.820. The lowest BCUT2D eigenvalue weighted by molar-refractivity contribution is -0.139. The summed E-state index contributed by atoms with van der Waals surface area (Å²) in [7, 11) is 0. The van der Waals surface area contributed by atoms with E-state index in [1.807, 2.05) is 29.5 Å². The predicted molar refractivity (Wildman–Crippen MR) is 86.2 cm³/mol. The van der Waals surface area contributed by atoms with Crippen molar-refractivity contribution in [2.24, 2.45) is 5.73 Å². The van der Waals surface area contributed by atoms with Gasteiger partial charge in [0, 0.05) is 31.7 Å². The van der Waals surface area contributed by atoms with Gasteiger partial charge in [-0.15, -0.1) is 24.8 Å². The van der Waals surface area contributed by atoms with Crippen molar-refractivity contribution in [1.29, 1.82) is 0 Å². The molecular weight excluding hydrogens is 315 g/mol. The molecule has 1 atom stereocenters. The molecule has 0 aliphatic carbocycles. The molecule has 1 fully saturated rings. The fourth-order valence-electron chi connectivity index (χ4n) is 2.39. The smallest absolute Gasteiger partial charge is 0.224 e. The summed E-state index contributed by atoms with van der Waals surface area (Å²) in [6.07, 6.45) is 0.417. The molecule has 21 heavy (non-hydrogen) atoms. The molecule has 1 unspecified atom stereocenters. The van der Waals surface area contributed by atoms with Gasteiger partial charge in [0.2, 0.25) is 5.91 Å². The zero-order valence-corrected chi connectivity index (χ0v) is 14.1. The molecule has 122 valence electrons. The van der Waals surface area contributed by atoms with Crippen molar-refractivity contribution in [3.05, 3.63) is 17.5 Å². The first-order valence-corrected chi connectivity index (χ1v) is 6.70. The summed E-state index contributed by atoms with van der Waals surface area (Å²) in [6.45, 7) is 6.96. The van der Waals surface area contributed by atoms with Crippen LogP contribution in [0.2, 0.25) is 0 Å². The molecule has 0 spiro atoms. The van der Waals surface area contributed by atoms with E-state index in [0.29, 0.717) is 39.2 Å². The van der Waals surface area contributed by atoms with Gasteiger partial charge in [0.15, 0.2) is 0 Å². The highest BCUT2D eigenvalue weighted by Crippen LogP contribution is 2.11. The van der Waals surface area contributed by atoms with E-state index in [9.17, 15) is 4.79 Å². The van der Waals surface area contributed by atoms with Gasteiger partial charge in [0.1, 0.15) is 0 Å². The molecule has 1 amide bonds. The van der Waals surface area contributed by atoms with Crippen LogP contribution in [0.5, 0.6) is 0 Å². The monoisotopic (exact) mass is 338 g/mol. The number of hydrogen-bond donors (Lipinski definition) is 1. The van der Waals surface area contributed by atoms with Crippen LogP contribution < -0.4 is 5.73 Å². The molecule has 8 heteroatoms. The van der Waals surface area contributed by atoms with E-state index in [2.05, 4.69) is 5.10 Å². The van der Waals surface area contributed by atoms with E-state index in [1.54, 1.807) is 0 Å². The first-order chi connectivity index (χ1) is 9.10. The summed E-state index contributed by atoms with van der Waals surface area (Å²) < 4.78 is 7.66. The van der Waals surface area contributed by atoms with Crippen molar-refractivity contribution in [2.75, 3.05) is 26.2 Å². The summed E-state index contributed by atoms with van der Waals surface area (Å²) >= 11 is 0. The van der Waals surface area contributed by atoms with Crippen molar-refractivity contribution >= 4 is 30.7 Å². The Morgan fingerprint density at radius 2 is 2.19 bits per heavy atom. The Labute approximate surface area is 137 Å². The van der Waals surface area contributed by atoms with Gasteiger partial charge in [-0.3, -0.25) is 9.48 Å². The number of amides is 1. The fraction of sp³-hybridized carbons (Fsp3) is 0.692. The average Bonchev–Trinajstić information content (AvgIpc) is 2.68. The fourth-order valence-corrected chi connectivity index (χ4v) is 2.39. The molecule has 2 rings (SSSR count). The standard InChI is InChI=1S/C13H22N4O2.2ClH/c1-10-7-11(2)17(15-10)9-12-8-16(5-6-19-12)13(18)3-4-14;;/h7,12H,3-6,8-9,14H2,1-2H3;2*1H. The number of carbonyl (C=O) groups is 1. The number of halogens is 2. The Morgan fingerprint density at radius 1 is 1.48 bits per heavy atom. The van der Waals surface area contributed by atoms with Crippen LogP contribution in [0.25, 0.3) is 0 Å². The van der Waals surface area contributed by atoms with Crippen molar-refractivity contribution in [3.63, 3.8) is 0 Å². The highest BCUT2D eigenvalue weighted by Gasteiger charge is 2.24. The van der Waals surface area contributed by atoms with Gasteiger partial charge in [-0.2, -0.15) is 5.10 Å². The summed E-state index contributed by atoms with van der Waals surface area (Å²) in [6, 6.07) is 2.04. The normalized spacial score (nSPS) is 17.9. The van der Waals surface area contributed by atoms with E-state index in [1.165, 1.54) is 0 Å². The molecule has 1 aliphatic rings. The van der Waals surface area contributed by atoms with Crippen molar-refractivity contribution in [3.8, 4) is 0 Å². The maximum absolute atomic E-state index is 11.8. The highest BCUT2D eigenvalue weighted by atomic mass is 35.5. The van der Waals surface area contributed by atoms with Gasteiger partial charge < -0.3 is 15.4 Å². The predicted octanol–water partition coefficient (Wildman–Crippen LogP) is 0.920. The second-order valence-electron chi connectivity index (χ2n) is 4.98. The summed E-state index contributed by atoms with van der Waals surface area (Å²) in [5.74, 6) is 0.115. The number of carbonyl (C=O) groups excluding carboxylic acids is 1. The van der Waals surface area contributed by atoms with Gasteiger partial charge >= 0.3 is 0 Å². The molecule has 1 aromatic rings. The number of aryl methyl sites for hydroxylation is 2. The van der Waals surface area contributed by atoms with Crippen LogP contribution in [-0.4, -0.2) is 52.9 Å². The molecule has 2 N–H and O–H groups in total. The SMILES string of the molecule is Cc1cc(C)n(CC2CN(C(=O)CCN)CCO2)n1.Cl.Cl. The van der Waals surface area contributed by atoms with Gasteiger partial charge in [0.25, 0.3) is 0 Å². The third-order valence-corrected chi connectivity index (χ3v) is 3.33. The van der Waals surface area contributed by atoms with Crippen molar-refractivity contribution in [1.82, 2.24) is 14.7 Å². The van der Waals surface area contributed by atoms with Crippen LogP contribution in [0.1, 0.15) is 17.8 Å². The third kappa shape index (κ3) is 5.47. The molecule has 1 aromatic heterocycles. The zero-order chi connectivity index (χ0) is 13.8. The van der Waals surface area contributed by atoms with E-state index in [4.69, 9.17) is 10.5 Å². The van der Waals surface area contributed by atoms with Crippen LogP contribution >= 0.6 is 24.8 Å². The summed E-state index contributed by atoms with van der Waals surface area (Å²) in [5, 5.41) is 4.42. The lowest BCUT2D eigenvalue weighted by Gasteiger charge is -2.33. The van der Waals surface area contributed by atoms with E-state index in [0.717, 1.165) is 11.4 Å². The largest absolute Gasteiger partial charge is 0.373 e. The summed E-state index contributed by atoms with van der Waals surface area (Å²) in [4.78, 5) is 13.7. The van der Waals surface area contributed by atoms with E-state index >= 15 is 0 Å². The maximum atomic E-state index is 11.8. The number of ether oxygens (including phenoxy) is 1. The minimum atomic E-state index is 0. The Kier molecular flexibility index (Phi) is 8.89. The minimum Gasteiger partial charge on any atom is -0.373 e. The maximum Gasteiger partial charge on any atom is 0.224 e. The van der Waals surface area contributed by atoms with Crippen LogP contribution in [0.4, 0.5) is 0 Å². The molecule has 1 aliphatic heterocycles. The van der Waals surface area contributed by atoms with Crippen LogP contribution in [-0.2, 0) is 16.1 Å². The first-order valence-electron chi connectivity index (χ1n) is 6.70. The van der Waals surface area contributed by atoms with E-state index in [-0.39, 0.29) is 36.8 Å². The van der Waals surface area contributed by atoms with Gasteiger partial charge in [-0.25, -0.2) is 0 Å². The molecule has 0 bridgehead atoms. The third-order valence-electron chi connectivity index (χ3n) is 3.33. The van der Waals surface area contributed by atoms with Gasteiger partial charge in [0.05, 0.1) is 24.9 Å². The molecule has 6 nitrogen and oxygen atoms in total. The van der Waals surface area contributed by atoms with E-state index < -0.39 is 0 Å². The van der Waals surface area contributed by atoms with Crippen LogP contribution in [0.3, 0.4) is 0 Å². The van der Waals surface area contributed by atoms with Crippen LogP contribution in [0.15, 0.2) is 6.07 Å². The Bertz CT molecular complexity index is 453. The Balaban J connectivity index is 0.00000200.